The minimum Gasteiger partial charge on any atom is -0.313 e. The van der Waals surface area contributed by atoms with Crippen LogP contribution in [0.2, 0.25) is 0 Å². The van der Waals surface area contributed by atoms with Gasteiger partial charge in [0.1, 0.15) is 6.29 Å². The van der Waals surface area contributed by atoms with Gasteiger partial charge in [-0.1, -0.05) is 12.8 Å². The van der Waals surface area contributed by atoms with Crippen molar-refractivity contribution in [2.24, 2.45) is 11.8 Å². The first kappa shape index (κ1) is 8.24. The van der Waals surface area contributed by atoms with Crippen LogP contribution in [0, 0.1) is 11.8 Å². The van der Waals surface area contributed by atoms with E-state index in [0.717, 1.165) is 31.2 Å². The lowest BCUT2D eigenvalue weighted by Crippen LogP contribution is -2.30. The minimum atomic E-state index is 0.646. The van der Waals surface area contributed by atoms with E-state index < -0.39 is 0 Å². The molecule has 0 radical (unpaired) electrons. The Morgan fingerprint density at radius 3 is 3.00 bits per heavy atom. The van der Waals surface area contributed by atoms with Gasteiger partial charge in [0.15, 0.2) is 0 Å². The smallest absolute Gasteiger partial charge is 0.120 e. The van der Waals surface area contributed by atoms with Crippen molar-refractivity contribution in [3.05, 3.63) is 0 Å². The molecule has 0 aromatic heterocycles. The molecule has 2 fully saturated rings. The number of rotatable bonds is 2. The van der Waals surface area contributed by atoms with Gasteiger partial charge in [0.2, 0.25) is 0 Å². The lowest BCUT2D eigenvalue weighted by Gasteiger charge is -2.27. The number of hydrogen-bond acceptors (Lipinski definition) is 2. The maximum Gasteiger partial charge on any atom is 0.120 e. The third-order valence-corrected chi connectivity index (χ3v) is 3.47. The maximum atomic E-state index is 10.4. The van der Waals surface area contributed by atoms with Gasteiger partial charge in [0, 0.05) is 12.5 Å². The van der Waals surface area contributed by atoms with Gasteiger partial charge in [-0.05, 0) is 31.2 Å². The van der Waals surface area contributed by atoms with Gasteiger partial charge in [-0.25, -0.2) is 0 Å². The van der Waals surface area contributed by atoms with Crippen LogP contribution in [0.1, 0.15) is 32.1 Å². The standard InChI is InChI=1S/C10H17NO/c12-6-5-8-7-11-10-4-2-1-3-9(8)10/h6,8-11H,1-5,7H2. The van der Waals surface area contributed by atoms with Crippen LogP contribution in [0.3, 0.4) is 0 Å². The Morgan fingerprint density at radius 2 is 2.17 bits per heavy atom. The molecule has 2 nitrogen and oxygen atoms in total. The lowest BCUT2D eigenvalue weighted by molar-refractivity contribution is -0.108. The van der Waals surface area contributed by atoms with Crippen LogP contribution >= 0.6 is 0 Å². The number of fused-ring (bicyclic) bond motifs is 1. The first-order valence-corrected chi connectivity index (χ1v) is 5.09. The fraction of sp³-hybridized carbons (Fsp3) is 0.900. The van der Waals surface area contributed by atoms with Crippen LogP contribution < -0.4 is 5.32 Å². The minimum absolute atomic E-state index is 0.646. The van der Waals surface area contributed by atoms with E-state index in [1.54, 1.807) is 0 Å². The lowest BCUT2D eigenvalue weighted by atomic mass is 9.79. The number of hydrogen-bond donors (Lipinski definition) is 1. The predicted octanol–water partition coefficient (Wildman–Crippen LogP) is 1.35. The van der Waals surface area contributed by atoms with E-state index in [-0.39, 0.29) is 0 Å². The fourth-order valence-corrected chi connectivity index (χ4v) is 2.81. The second kappa shape index (κ2) is 3.56. The zero-order valence-electron chi connectivity index (χ0n) is 7.46. The number of carbonyl (C=O) groups excluding carboxylic acids is 1. The Hall–Kier alpha value is -0.370. The summed E-state index contributed by atoms with van der Waals surface area (Å²) in [5.74, 6) is 1.46. The molecule has 1 aliphatic carbocycles. The number of nitrogens with one attached hydrogen (secondary N) is 1. The van der Waals surface area contributed by atoms with Crippen molar-refractivity contribution < 1.29 is 4.79 Å². The van der Waals surface area contributed by atoms with E-state index >= 15 is 0 Å². The zero-order chi connectivity index (χ0) is 8.39. The van der Waals surface area contributed by atoms with E-state index in [1.807, 2.05) is 0 Å². The SMILES string of the molecule is O=CCC1CNC2CCCCC12. The van der Waals surface area contributed by atoms with Gasteiger partial charge in [0.25, 0.3) is 0 Å². The van der Waals surface area contributed by atoms with Crippen LogP contribution in [0.5, 0.6) is 0 Å². The van der Waals surface area contributed by atoms with Gasteiger partial charge in [-0.3, -0.25) is 0 Å². The summed E-state index contributed by atoms with van der Waals surface area (Å²) in [6.07, 6.45) is 7.29. The van der Waals surface area contributed by atoms with Crippen molar-refractivity contribution in [3.8, 4) is 0 Å². The number of aldehydes is 1. The Balaban J connectivity index is 1.96. The molecule has 1 saturated carbocycles. The largest absolute Gasteiger partial charge is 0.313 e. The third kappa shape index (κ3) is 1.40. The highest BCUT2D eigenvalue weighted by atomic mass is 16.1. The Labute approximate surface area is 73.7 Å². The highest BCUT2D eigenvalue weighted by molar-refractivity contribution is 5.50. The second-order valence-electron chi connectivity index (χ2n) is 4.13. The summed E-state index contributed by atoms with van der Waals surface area (Å²) in [7, 11) is 0. The molecular weight excluding hydrogens is 150 g/mol. The molecule has 2 heteroatoms. The Kier molecular flexibility index (Phi) is 2.45. The van der Waals surface area contributed by atoms with Crippen molar-refractivity contribution in [2.75, 3.05) is 6.54 Å². The molecule has 2 aliphatic rings. The average Bonchev–Trinajstić information content (AvgIpc) is 2.50. The summed E-state index contributed by atoms with van der Waals surface area (Å²) in [5, 5.41) is 3.53. The summed E-state index contributed by atoms with van der Waals surface area (Å²) in [6.45, 7) is 1.08. The van der Waals surface area contributed by atoms with Crippen molar-refractivity contribution in [1.82, 2.24) is 5.32 Å². The molecule has 68 valence electrons. The van der Waals surface area contributed by atoms with Crippen molar-refractivity contribution in [1.29, 1.82) is 0 Å². The molecular formula is C10H17NO. The molecule has 0 aromatic rings. The first-order valence-electron chi connectivity index (χ1n) is 5.09. The zero-order valence-corrected chi connectivity index (χ0v) is 7.46. The fourth-order valence-electron chi connectivity index (χ4n) is 2.81. The van der Waals surface area contributed by atoms with Gasteiger partial charge in [-0.2, -0.15) is 0 Å². The van der Waals surface area contributed by atoms with Gasteiger partial charge >= 0.3 is 0 Å². The monoisotopic (exact) mass is 167 g/mol. The van der Waals surface area contributed by atoms with E-state index in [0.29, 0.717) is 5.92 Å². The summed E-state index contributed by atoms with van der Waals surface area (Å²) < 4.78 is 0. The molecule has 0 bridgehead atoms. The Morgan fingerprint density at radius 1 is 1.33 bits per heavy atom. The van der Waals surface area contributed by atoms with Gasteiger partial charge in [0.05, 0.1) is 0 Å². The average molecular weight is 167 g/mol. The summed E-state index contributed by atoms with van der Waals surface area (Å²) in [4.78, 5) is 10.4. The summed E-state index contributed by atoms with van der Waals surface area (Å²) >= 11 is 0. The van der Waals surface area contributed by atoms with Gasteiger partial charge in [-0.15, -0.1) is 0 Å². The molecule has 3 atom stereocenters. The van der Waals surface area contributed by atoms with E-state index in [4.69, 9.17) is 0 Å². The molecule has 1 saturated heterocycles. The quantitative estimate of drug-likeness (QED) is 0.629. The topological polar surface area (TPSA) is 29.1 Å². The van der Waals surface area contributed by atoms with Crippen LogP contribution in [0.25, 0.3) is 0 Å². The van der Waals surface area contributed by atoms with Crippen molar-refractivity contribution in [2.45, 2.75) is 38.1 Å². The third-order valence-electron chi connectivity index (χ3n) is 3.47. The predicted molar refractivity (Wildman–Crippen MR) is 47.9 cm³/mol. The van der Waals surface area contributed by atoms with Gasteiger partial charge < -0.3 is 10.1 Å². The second-order valence-corrected chi connectivity index (χ2v) is 4.13. The highest BCUT2D eigenvalue weighted by Gasteiger charge is 2.36. The van der Waals surface area contributed by atoms with Crippen LogP contribution in [0.15, 0.2) is 0 Å². The molecule has 2 rings (SSSR count). The van der Waals surface area contributed by atoms with Crippen molar-refractivity contribution >= 4 is 6.29 Å². The molecule has 1 aliphatic heterocycles. The first-order chi connectivity index (χ1) is 5.92. The van der Waals surface area contributed by atoms with E-state index in [9.17, 15) is 4.79 Å². The van der Waals surface area contributed by atoms with E-state index in [1.165, 1.54) is 25.7 Å². The summed E-state index contributed by atoms with van der Waals surface area (Å²) in [5.41, 5.74) is 0. The summed E-state index contributed by atoms with van der Waals surface area (Å²) in [6, 6.07) is 0.740. The molecule has 12 heavy (non-hydrogen) atoms. The Bertz CT molecular complexity index is 169. The maximum absolute atomic E-state index is 10.4. The molecule has 1 N–H and O–H groups in total. The van der Waals surface area contributed by atoms with Crippen LogP contribution in [-0.2, 0) is 4.79 Å². The van der Waals surface area contributed by atoms with E-state index in [2.05, 4.69) is 5.32 Å². The van der Waals surface area contributed by atoms with Crippen molar-refractivity contribution in [3.63, 3.8) is 0 Å². The van der Waals surface area contributed by atoms with Crippen LogP contribution in [0.4, 0.5) is 0 Å². The normalized spacial score (nSPS) is 40.8. The number of carbonyl (C=O) groups is 1. The molecule has 1 heterocycles. The highest BCUT2D eigenvalue weighted by Crippen LogP contribution is 2.35. The molecule has 0 amide bonds. The van der Waals surface area contributed by atoms with Crippen LogP contribution in [-0.4, -0.2) is 18.9 Å². The molecule has 3 unspecified atom stereocenters. The molecule has 0 aromatic carbocycles. The molecule has 0 spiro atoms.